The van der Waals surface area contributed by atoms with Crippen molar-refractivity contribution in [3.05, 3.63) is 62.8 Å². The predicted molar refractivity (Wildman–Crippen MR) is 107 cm³/mol. The molecule has 0 spiro atoms. The highest BCUT2D eigenvalue weighted by atomic mass is 32.1. The Balaban J connectivity index is 1.91. The smallest absolute Gasteiger partial charge is 0.307 e. The summed E-state index contributed by atoms with van der Waals surface area (Å²) in [4.78, 5) is 14.8. The number of aryl methyl sites for hydroxylation is 1. The highest BCUT2D eigenvalue weighted by Crippen LogP contribution is 2.38. The number of methoxy groups -OCH3 is 1. The van der Waals surface area contributed by atoms with E-state index in [0.717, 1.165) is 41.9 Å². The number of nitrogens with zero attached hydrogens (tertiary/aromatic N) is 2. The zero-order valence-corrected chi connectivity index (χ0v) is 16.3. The summed E-state index contributed by atoms with van der Waals surface area (Å²) in [5.74, 6) is 0.884. The molecular formula is C21H24N2O2S. The Morgan fingerprint density at radius 1 is 1.27 bits per heavy atom. The average molecular weight is 369 g/mol. The molecule has 2 heterocycles. The number of fused-ring (bicyclic) bond motifs is 2. The summed E-state index contributed by atoms with van der Waals surface area (Å²) in [6, 6.07) is 13.0. The van der Waals surface area contributed by atoms with E-state index in [1.54, 1.807) is 11.7 Å². The van der Waals surface area contributed by atoms with Crippen LogP contribution in [0.25, 0.3) is 10.2 Å². The Bertz CT molecular complexity index is 1000. The summed E-state index contributed by atoms with van der Waals surface area (Å²) in [6.07, 6.45) is 2.15. The minimum atomic E-state index is 0.102. The van der Waals surface area contributed by atoms with E-state index in [9.17, 15) is 4.79 Å². The van der Waals surface area contributed by atoms with Crippen LogP contribution in [0.4, 0.5) is 0 Å². The van der Waals surface area contributed by atoms with Gasteiger partial charge in [0.2, 0.25) is 0 Å². The van der Waals surface area contributed by atoms with Crippen LogP contribution in [-0.2, 0) is 13.5 Å². The van der Waals surface area contributed by atoms with Crippen molar-refractivity contribution >= 4 is 21.6 Å². The number of hydrogen-bond donors (Lipinski definition) is 0. The molecular weight excluding hydrogens is 344 g/mol. The van der Waals surface area contributed by atoms with Gasteiger partial charge in [0, 0.05) is 13.6 Å². The second-order valence-corrected chi connectivity index (χ2v) is 7.90. The van der Waals surface area contributed by atoms with Crippen LogP contribution in [0, 0.1) is 0 Å². The minimum absolute atomic E-state index is 0.102. The van der Waals surface area contributed by atoms with Crippen LogP contribution >= 0.6 is 11.3 Å². The Morgan fingerprint density at radius 3 is 2.88 bits per heavy atom. The number of hydrogen-bond acceptors (Lipinski definition) is 4. The lowest BCUT2D eigenvalue weighted by Gasteiger charge is -2.37. The molecule has 0 radical (unpaired) electrons. The second kappa shape index (κ2) is 6.89. The van der Waals surface area contributed by atoms with Gasteiger partial charge in [-0.05, 0) is 60.3 Å². The molecule has 0 saturated heterocycles. The van der Waals surface area contributed by atoms with Crippen molar-refractivity contribution in [2.45, 2.75) is 25.8 Å². The fourth-order valence-corrected chi connectivity index (χ4v) is 4.95. The van der Waals surface area contributed by atoms with Crippen molar-refractivity contribution in [1.29, 1.82) is 0 Å². The molecule has 3 aromatic rings. The summed E-state index contributed by atoms with van der Waals surface area (Å²) >= 11 is 1.34. The van der Waals surface area contributed by atoms with Crippen LogP contribution in [0.15, 0.2) is 41.2 Å². The third-order valence-corrected chi connectivity index (χ3v) is 6.30. The molecule has 0 amide bonds. The zero-order valence-electron chi connectivity index (χ0n) is 15.5. The Kier molecular flexibility index (Phi) is 4.59. The standard InChI is InChI=1S/C21H24N2O2S/c1-4-9-23-10-8-14-12-19-18(22(2)21(24)26-19)13-17(14)20(23)15-6-5-7-16(11-15)25-3/h5-7,11-13,20H,4,8-10H2,1-3H3. The molecule has 1 aliphatic rings. The molecule has 0 aliphatic carbocycles. The molecule has 26 heavy (non-hydrogen) atoms. The first-order chi connectivity index (χ1) is 12.6. The maximum Gasteiger partial charge on any atom is 0.307 e. The van der Waals surface area contributed by atoms with Gasteiger partial charge in [-0.2, -0.15) is 0 Å². The van der Waals surface area contributed by atoms with Crippen LogP contribution in [0.5, 0.6) is 5.75 Å². The Labute approximate surface area is 157 Å². The number of thiazole rings is 1. The average Bonchev–Trinajstić information content (AvgIpc) is 2.93. The quantitative estimate of drug-likeness (QED) is 0.699. The normalized spacial score (nSPS) is 17.4. The molecule has 0 bridgehead atoms. The van der Waals surface area contributed by atoms with Crippen molar-refractivity contribution in [2.24, 2.45) is 7.05 Å². The van der Waals surface area contributed by atoms with Crippen LogP contribution < -0.4 is 9.61 Å². The lowest BCUT2D eigenvalue weighted by Crippen LogP contribution is -2.36. The second-order valence-electron chi connectivity index (χ2n) is 6.91. The first kappa shape index (κ1) is 17.3. The number of aromatic nitrogens is 1. The van der Waals surface area contributed by atoms with Gasteiger partial charge in [-0.15, -0.1) is 0 Å². The van der Waals surface area contributed by atoms with Gasteiger partial charge in [0.15, 0.2) is 0 Å². The first-order valence-corrected chi connectivity index (χ1v) is 9.94. The van der Waals surface area contributed by atoms with Crippen molar-refractivity contribution in [3.63, 3.8) is 0 Å². The summed E-state index contributed by atoms with van der Waals surface area (Å²) in [7, 11) is 3.57. The van der Waals surface area contributed by atoms with Crippen LogP contribution in [0.1, 0.15) is 36.1 Å². The van der Waals surface area contributed by atoms with Gasteiger partial charge in [-0.3, -0.25) is 9.69 Å². The summed E-state index contributed by atoms with van der Waals surface area (Å²) < 4.78 is 8.31. The van der Waals surface area contributed by atoms with E-state index in [-0.39, 0.29) is 10.9 Å². The van der Waals surface area contributed by atoms with Crippen LogP contribution in [0.2, 0.25) is 0 Å². The molecule has 136 valence electrons. The van der Waals surface area contributed by atoms with E-state index in [2.05, 4.69) is 42.2 Å². The molecule has 1 unspecified atom stereocenters. The van der Waals surface area contributed by atoms with Gasteiger partial charge >= 0.3 is 4.87 Å². The minimum Gasteiger partial charge on any atom is -0.497 e. The Hall–Kier alpha value is -2.11. The molecule has 1 aliphatic heterocycles. The van der Waals surface area contributed by atoms with Crippen LogP contribution in [-0.4, -0.2) is 29.7 Å². The highest BCUT2D eigenvalue weighted by molar-refractivity contribution is 7.16. The maximum absolute atomic E-state index is 12.1. The summed E-state index contributed by atoms with van der Waals surface area (Å²) in [5.41, 5.74) is 4.96. The molecule has 4 nitrogen and oxygen atoms in total. The number of ether oxygens (including phenoxy) is 1. The summed E-state index contributed by atoms with van der Waals surface area (Å²) in [5, 5.41) is 0. The third kappa shape index (κ3) is 2.85. The monoisotopic (exact) mass is 368 g/mol. The van der Waals surface area contributed by atoms with Crippen molar-refractivity contribution in [3.8, 4) is 5.75 Å². The molecule has 2 aromatic carbocycles. The number of rotatable bonds is 4. The topological polar surface area (TPSA) is 34.5 Å². The summed E-state index contributed by atoms with van der Waals surface area (Å²) in [6.45, 7) is 4.32. The van der Waals surface area contributed by atoms with E-state index in [1.807, 2.05) is 13.1 Å². The third-order valence-electron chi connectivity index (χ3n) is 5.30. The number of benzene rings is 2. The Morgan fingerprint density at radius 2 is 2.12 bits per heavy atom. The van der Waals surface area contributed by atoms with E-state index in [4.69, 9.17) is 4.74 Å². The van der Waals surface area contributed by atoms with Crippen molar-refractivity contribution in [2.75, 3.05) is 20.2 Å². The first-order valence-electron chi connectivity index (χ1n) is 9.12. The zero-order chi connectivity index (χ0) is 18.3. The SMILES string of the molecule is CCCN1CCc2cc3sc(=O)n(C)c3cc2C1c1cccc(OC)c1. The maximum atomic E-state index is 12.1. The van der Waals surface area contributed by atoms with Gasteiger partial charge in [-0.25, -0.2) is 0 Å². The van der Waals surface area contributed by atoms with E-state index in [0.29, 0.717) is 0 Å². The lowest BCUT2D eigenvalue weighted by atomic mass is 9.87. The molecule has 0 N–H and O–H groups in total. The molecule has 1 aromatic heterocycles. The van der Waals surface area contributed by atoms with Gasteiger partial charge in [0.25, 0.3) is 0 Å². The van der Waals surface area contributed by atoms with Crippen LogP contribution in [0.3, 0.4) is 0 Å². The molecule has 0 saturated carbocycles. The molecule has 4 rings (SSSR count). The highest BCUT2D eigenvalue weighted by Gasteiger charge is 2.29. The fourth-order valence-electron chi connectivity index (χ4n) is 4.02. The van der Waals surface area contributed by atoms with E-state index < -0.39 is 0 Å². The van der Waals surface area contributed by atoms with Gasteiger partial charge in [-0.1, -0.05) is 30.4 Å². The van der Waals surface area contributed by atoms with Gasteiger partial charge in [0.1, 0.15) is 5.75 Å². The lowest BCUT2D eigenvalue weighted by molar-refractivity contribution is 0.213. The van der Waals surface area contributed by atoms with E-state index in [1.165, 1.54) is 28.0 Å². The van der Waals surface area contributed by atoms with Gasteiger partial charge < -0.3 is 9.30 Å². The van der Waals surface area contributed by atoms with E-state index >= 15 is 0 Å². The van der Waals surface area contributed by atoms with Crippen molar-refractivity contribution in [1.82, 2.24) is 9.47 Å². The molecule has 5 heteroatoms. The molecule has 1 atom stereocenters. The largest absolute Gasteiger partial charge is 0.497 e. The molecule has 0 fully saturated rings. The van der Waals surface area contributed by atoms with Gasteiger partial charge in [0.05, 0.1) is 23.4 Å². The fraction of sp³-hybridized carbons (Fsp3) is 0.381. The predicted octanol–water partition coefficient (Wildman–Crippen LogP) is 3.97. The van der Waals surface area contributed by atoms with Crippen molar-refractivity contribution < 1.29 is 4.74 Å².